The van der Waals surface area contributed by atoms with Crippen molar-refractivity contribution in [3.05, 3.63) is 47.5 Å². The molecule has 2 nitrogen and oxygen atoms in total. The predicted octanol–water partition coefficient (Wildman–Crippen LogP) is 2.73. The fraction of sp³-hybridized carbons (Fsp3) is 0.250. The molecule has 3 heteroatoms. The molecule has 15 heavy (non-hydrogen) atoms. The van der Waals surface area contributed by atoms with Crippen molar-refractivity contribution in [1.82, 2.24) is 0 Å². The van der Waals surface area contributed by atoms with E-state index in [9.17, 15) is 9.18 Å². The van der Waals surface area contributed by atoms with E-state index in [1.807, 2.05) is 6.07 Å². The van der Waals surface area contributed by atoms with E-state index in [0.717, 1.165) is 5.56 Å². The Balaban J connectivity index is 2.95. The zero-order chi connectivity index (χ0) is 11.4. The van der Waals surface area contributed by atoms with E-state index < -0.39 is 12.1 Å². The van der Waals surface area contributed by atoms with Crippen LogP contribution in [0.1, 0.15) is 17.3 Å². The SMILES string of the molecule is C=C(C(=O)OC)C(F)c1ccccc1C. The van der Waals surface area contributed by atoms with Gasteiger partial charge in [-0.1, -0.05) is 30.8 Å². The Kier molecular flexibility index (Phi) is 3.61. The van der Waals surface area contributed by atoms with E-state index in [1.165, 1.54) is 7.11 Å². The standard InChI is InChI=1S/C12H13FO2/c1-8-6-4-5-7-10(8)11(13)9(2)12(14)15-3/h4-7,11H,2H2,1,3H3. The van der Waals surface area contributed by atoms with Crippen LogP contribution in [0.2, 0.25) is 0 Å². The van der Waals surface area contributed by atoms with Crippen molar-refractivity contribution in [2.24, 2.45) is 0 Å². The molecule has 0 aliphatic heterocycles. The molecule has 1 rings (SSSR count). The lowest BCUT2D eigenvalue weighted by molar-refractivity contribution is -0.136. The first-order chi connectivity index (χ1) is 7.07. The van der Waals surface area contributed by atoms with Gasteiger partial charge in [-0.05, 0) is 18.1 Å². The number of hydrogen-bond donors (Lipinski definition) is 0. The Morgan fingerprint density at radius 2 is 2.07 bits per heavy atom. The highest BCUT2D eigenvalue weighted by atomic mass is 19.1. The number of hydrogen-bond acceptors (Lipinski definition) is 2. The molecule has 0 fully saturated rings. The number of benzene rings is 1. The average molecular weight is 208 g/mol. The highest BCUT2D eigenvalue weighted by Gasteiger charge is 2.21. The smallest absolute Gasteiger partial charge is 0.336 e. The van der Waals surface area contributed by atoms with Crippen LogP contribution in [-0.4, -0.2) is 13.1 Å². The van der Waals surface area contributed by atoms with Crippen LogP contribution in [0.5, 0.6) is 0 Å². The summed E-state index contributed by atoms with van der Waals surface area (Å²) in [6.45, 7) is 5.18. The van der Waals surface area contributed by atoms with Gasteiger partial charge >= 0.3 is 5.97 Å². The van der Waals surface area contributed by atoms with Gasteiger partial charge in [0.25, 0.3) is 0 Å². The third-order valence-electron chi connectivity index (χ3n) is 2.22. The molecule has 0 aromatic heterocycles. The van der Waals surface area contributed by atoms with Crippen molar-refractivity contribution < 1.29 is 13.9 Å². The fourth-order valence-electron chi connectivity index (χ4n) is 1.29. The van der Waals surface area contributed by atoms with Crippen LogP contribution < -0.4 is 0 Å². The number of ether oxygens (including phenoxy) is 1. The normalized spacial score (nSPS) is 11.9. The van der Waals surface area contributed by atoms with Crippen LogP contribution >= 0.6 is 0 Å². The summed E-state index contributed by atoms with van der Waals surface area (Å²) in [6.07, 6.45) is -1.50. The van der Waals surface area contributed by atoms with Crippen molar-refractivity contribution in [3.63, 3.8) is 0 Å². The van der Waals surface area contributed by atoms with E-state index in [1.54, 1.807) is 25.1 Å². The lowest BCUT2D eigenvalue weighted by Crippen LogP contribution is -2.10. The molecule has 0 aliphatic rings. The van der Waals surface area contributed by atoms with Crippen LogP contribution in [0.3, 0.4) is 0 Å². The number of alkyl halides is 1. The molecule has 1 aromatic rings. The van der Waals surface area contributed by atoms with Gasteiger partial charge in [0.2, 0.25) is 0 Å². The number of aryl methyl sites for hydroxylation is 1. The summed E-state index contributed by atoms with van der Waals surface area (Å²) < 4.78 is 18.2. The first-order valence-corrected chi connectivity index (χ1v) is 4.54. The first-order valence-electron chi connectivity index (χ1n) is 4.54. The molecule has 1 unspecified atom stereocenters. The zero-order valence-corrected chi connectivity index (χ0v) is 8.79. The van der Waals surface area contributed by atoms with Crippen molar-refractivity contribution >= 4 is 5.97 Å². The molecule has 0 N–H and O–H groups in total. The van der Waals surface area contributed by atoms with Gasteiger partial charge < -0.3 is 4.74 Å². The summed E-state index contributed by atoms with van der Waals surface area (Å²) in [6, 6.07) is 6.95. The Labute approximate surface area is 88.4 Å². The summed E-state index contributed by atoms with van der Waals surface area (Å²) >= 11 is 0. The molecule has 80 valence electrons. The van der Waals surface area contributed by atoms with Gasteiger partial charge in [-0.3, -0.25) is 0 Å². The van der Waals surface area contributed by atoms with E-state index >= 15 is 0 Å². The molecular weight excluding hydrogens is 195 g/mol. The van der Waals surface area contributed by atoms with Crippen LogP contribution in [0, 0.1) is 6.92 Å². The Morgan fingerprint density at radius 1 is 1.47 bits per heavy atom. The maximum atomic E-state index is 13.8. The number of halogens is 1. The third-order valence-corrected chi connectivity index (χ3v) is 2.22. The highest BCUT2D eigenvalue weighted by Crippen LogP contribution is 2.27. The third kappa shape index (κ3) is 2.43. The number of methoxy groups -OCH3 is 1. The number of carbonyl (C=O) groups is 1. The Hall–Kier alpha value is -1.64. The minimum absolute atomic E-state index is 0.174. The summed E-state index contributed by atoms with van der Waals surface area (Å²) in [7, 11) is 1.21. The molecule has 0 bridgehead atoms. The fourth-order valence-corrected chi connectivity index (χ4v) is 1.29. The van der Waals surface area contributed by atoms with Gasteiger partial charge in [-0.15, -0.1) is 0 Å². The van der Waals surface area contributed by atoms with Crippen molar-refractivity contribution in [1.29, 1.82) is 0 Å². The van der Waals surface area contributed by atoms with Crippen LogP contribution in [-0.2, 0) is 9.53 Å². The van der Waals surface area contributed by atoms with E-state index in [2.05, 4.69) is 11.3 Å². The second-order valence-electron chi connectivity index (χ2n) is 3.24. The predicted molar refractivity (Wildman–Crippen MR) is 56.2 cm³/mol. The van der Waals surface area contributed by atoms with Crippen LogP contribution in [0.25, 0.3) is 0 Å². The summed E-state index contributed by atoms with van der Waals surface area (Å²) in [5.74, 6) is -0.717. The molecule has 0 spiro atoms. The zero-order valence-electron chi connectivity index (χ0n) is 8.79. The Morgan fingerprint density at radius 3 is 2.60 bits per heavy atom. The molecule has 0 saturated carbocycles. The van der Waals surface area contributed by atoms with Gasteiger partial charge in [-0.25, -0.2) is 9.18 Å². The van der Waals surface area contributed by atoms with E-state index in [0.29, 0.717) is 5.56 Å². The van der Waals surface area contributed by atoms with E-state index in [-0.39, 0.29) is 5.57 Å². The largest absolute Gasteiger partial charge is 0.466 e. The van der Waals surface area contributed by atoms with Crippen molar-refractivity contribution in [3.8, 4) is 0 Å². The van der Waals surface area contributed by atoms with Crippen LogP contribution in [0.15, 0.2) is 36.4 Å². The topological polar surface area (TPSA) is 26.3 Å². The molecule has 1 aromatic carbocycles. The van der Waals surface area contributed by atoms with E-state index in [4.69, 9.17) is 0 Å². The number of rotatable bonds is 3. The molecule has 0 radical (unpaired) electrons. The lowest BCUT2D eigenvalue weighted by Gasteiger charge is -2.12. The summed E-state index contributed by atoms with van der Waals surface area (Å²) in [4.78, 5) is 11.1. The first kappa shape index (κ1) is 11.4. The van der Waals surface area contributed by atoms with Crippen molar-refractivity contribution in [2.75, 3.05) is 7.11 Å². The van der Waals surface area contributed by atoms with Gasteiger partial charge in [0.1, 0.15) is 0 Å². The molecular formula is C12H13FO2. The van der Waals surface area contributed by atoms with Gasteiger partial charge in [-0.2, -0.15) is 0 Å². The molecule has 1 atom stereocenters. The molecule has 0 saturated heterocycles. The number of carbonyl (C=O) groups excluding carboxylic acids is 1. The highest BCUT2D eigenvalue weighted by molar-refractivity contribution is 5.89. The molecule has 0 heterocycles. The van der Waals surface area contributed by atoms with Gasteiger partial charge in [0.05, 0.1) is 12.7 Å². The van der Waals surface area contributed by atoms with Gasteiger partial charge in [0, 0.05) is 0 Å². The second-order valence-corrected chi connectivity index (χ2v) is 3.24. The van der Waals surface area contributed by atoms with Crippen molar-refractivity contribution in [2.45, 2.75) is 13.1 Å². The second kappa shape index (κ2) is 4.73. The molecule has 0 aliphatic carbocycles. The summed E-state index contributed by atoms with van der Waals surface area (Å²) in [5, 5.41) is 0. The average Bonchev–Trinajstić information content (AvgIpc) is 2.26. The number of esters is 1. The summed E-state index contributed by atoms with van der Waals surface area (Å²) in [5.41, 5.74) is 1.06. The maximum absolute atomic E-state index is 13.8. The lowest BCUT2D eigenvalue weighted by atomic mass is 10.00. The maximum Gasteiger partial charge on any atom is 0.336 e. The van der Waals surface area contributed by atoms with Gasteiger partial charge in [0.15, 0.2) is 6.17 Å². The minimum atomic E-state index is -1.50. The quantitative estimate of drug-likeness (QED) is 0.564. The monoisotopic (exact) mass is 208 g/mol. The Bertz CT molecular complexity index is 385. The minimum Gasteiger partial charge on any atom is -0.466 e. The van der Waals surface area contributed by atoms with Crippen LogP contribution in [0.4, 0.5) is 4.39 Å². The molecule has 0 amide bonds.